The average molecular weight is 571 g/mol. The molecule has 8 nitrogen and oxygen atoms in total. The van der Waals surface area contributed by atoms with Crippen LogP contribution in [0.1, 0.15) is 46.4 Å². The maximum absolute atomic E-state index is 12.1. The van der Waals surface area contributed by atoms with Crippen LogP contribution in [0.15, 0.2) is 30.3 Å². The number of alkyl carbamates (subject to hydrolysis) is 1. The lowest BCUT2D eigenvalue weighted by atomic mass is 10.2. The molecule has 0 bridgehead atoms. The van der Waals surface area contributed by atoms with Crippen molar-refractivity contribution in [2.75, 3.05) is 37.7 Å². The van der Waals surface area contributed by atoms with Gasteiger partial charge in [-0.2, -0.15) is 0 Å². The van der Waals surface area contributed by atoms with Gasteiger partial charge in [0.05, 0.1) is 23.4 Å². The van der Waals surface area contributed by atoms with Gasteiger partial charge in [-0.15, -0.1) is 11.3 Å². The van der Waals surface area contributed by atoms with Crippen molar-refractivity contribution in [3.8, 4) is 17.1 Å². The van der Waals surface area contributed by atoms with Crippen LogP contribution in [-0.2, 0) is 15.9 Å². The number of aromatic nitrogens is 2. The normalized spacial score (nSPS) is 14.9. The summed E-state index contributed by atoms with van der Waals surface area (Å²) < 4.78 is 18.6. The van der Waals surface area contributed by atoms with E-state index in [0.29, 0.717) is 32.0 Å². The second-order valence-corrected chi connectivity index (χ2v) is 18.3. The van der Waals surface area contributed by atoms with Crippen LogP contribution in [0.3, 0.4) is 0 Å². The van der Waals surface area contributed by atoms with E-state index in [-0.39, 0.29) is 5.04 Å². The first-order valence-electron chi connectivity index (χ1n) is 13.6. The number of hydrogen-bond donors (Lipinski definition) is 1. The molecule has 3 heterocycles. The van der Waals surface area contributed by atoms with Crippen LogP contribution in [0, 0.1) is 0 Å². The Bertz CT molecular complexity index is 1310. The zero-order chi connectivity index (χ0) is 28.4. The second kappa shape index (κ2) is 11.4. The van der Waals surface area contributed by atoms with Gasteiger partial charge in [0.15, 0.2) is 11.6 Å². The Morgan fingerprint density at radius 1 is 1.10 bits per heavy atom. The second-order valence-electron chi connectivity index (χ2n) is 12.5. The van der Waals surface area contributed by atoms with Crippen molar-refractivity contribution in [3.63, 3.8) is 0 Å². The first kappa shape index (κ1) is 29.3. The first-order chi connectivity index (χ1) is 18.2. The Morgan fingerprint density at radius 3 is 2.49 bits per heavy atom. The van der Waals surface area contributed by atoms with E-state index >= 15 is 0 Å². The molecule has 3 aromatic rings. The highest BCUT2D eigenvalue weighted by molar-refractivity contribution is 7.19. The molecule has 2 aromatic heterocycles. The van der Waals surface area contributed by atoms with Crippen LogP contribution in [0.5, 0.6) is 5.75 Å². The molecule has 0 radical (unpaired) electrons. The summed E-state index contributed by atoms with van der Waals surface area (Å²) in [5, 5.41) is 2.96. The molecule has 1 aliphatic heterocycles. The lowest BCUT2D eigenvalue weighted by molar-refractivity contribution is 0.0528. The molecule has 1 aromatic carbocycles. The molecule has 0 spiro atoms. The topological polar surface area (TPSA) is 85.8 Å². The van der Waals surface area contributed by atoms with Gasteiger partial charge < -0.3 is 24.1 Å². The number of fused-ring (bicyclic) bond motifs is 1. The molecule has 4 rings (SSSR count). The minimum absolute atomic E-state index is 0.104. The van der Waals surface area contributed by atoms with E-state index in [4.69, 9.17) is 23.9 Å². The number of benzene rings is 1. The van der Waals surface area contributed by atoms with E-state index < -0.39 is 20.0 Å². The predicted molar refractivity (Wildman–Crippen MR) is 162 cm³/mol. The number of amides is 1. The monoisotopic (exact) mass is 570 g/mol. The third-order valence-corrected chi connectivity index (χ3v) is 12.6. The molecule has 212 valence electrons. The average Bonchev–Trinajstić information content (AvgIpc) is 3.25. The summed E-state index contributed by atoms with van der Waals surface area (Å²) in [4.78, 5) is 25.6. The smallest absolute Gasteiger partial charge is 0.407 e. The van der Waals surface area contributed by atoms with E-state index in [1.165, 1.54) is 0 Å². The summed E-state index contributed by atoms with van der Waals surface area (Å²) in [7, 11) is -1.98. The number of carbonyl (C=O) groups excluding carboxylic acids is 1. The van der Waals surface area contributed by atoms with Gasteiger partial charge in [-0.25, -0.2) is 14.8 Å². The highest BCUT2D eigenvalue weighted by Crippen LogP contribution is 2.39. The Kier molecular flexibility index (Phi) is 8.58. The Labute approximate surface area is 237 Å². The van der Waals surface area contributed by atoms with Crippen LogP contribution < -0.4 is 14.6 Å². The lowest BCUT2D eigenvalue weighted by Crippen LogP contribution is -2.43. The number of anilines is 1. The molecule has 0 saturated carbocycles. The van der Waals surface area contributed by atoms with Crippen LogP contribution >= 0.6 is 11.3 Å². The van der Waals surface area contributed by atoms with E-state index in [9.17, 15) is 4.79 Å². The van der Waals surface area contributed by atoms with E-state index in [1.807, 2.05) is 39.0 Å². The van der Waals surface area contributed by atoms with Gasteiger partial charge in [-0.05, 0) is 63.5 Å². The largest absolute Gasteiger partial charge is 0.543 e. The molecule has 1 fully saturated rings. The summed E-state index contributed by atoms with van der Waals surface area (Å²) in [5.41, 5.74) is 1.32. The molecule has 0 aliphatic carbocycles. The zero-order valence-electron chi connectivity index (χ0n) is 24.5. The fourth-order valence-corrected chi connectivity index (χ4v) is 6.09. The van der Waals surface area contributed by atoms with E-state index in [1.54, 1.807) is 11.3 Å². The maximum Gasteiger partial charge on any atom is 0.407 e. The fraction of sp³-hybridized carbons (Fsp3) is 0.552. The number of hydrogen-bond acceptors (Lipinski definition) is 8. The van der Waals surface area contributed by atoms with E-state index in [0.717, 1.165) is 45.3 Å². The van der Waals surface area contributed by atoms with Crippen molar-refractivity contribution >= 4 is 41.8 Å². The van der Waals surface area contributed by atoms with Crippen LogP contribution in [0.4, 0.5) is 10.6 Å². The van der Waals surface area contributed by atoms with Crippen LogP contribution in [0.25, 0.3) is 21.6 Å². The lowest BCUT2D eigenvalue weighted by Gasteiger charge is -2.36. The van der Waals surface area contributed by atoms with Crippen molar-refractivity contribution in [1.29, 1.82) is 0 Å². The molecule has 1 N–H and O–H groups in total. The molecule has 39 heavy (non-hydrogen) atoms. The minimum atomic E-state index is -1.98. The molecular weight excluding hydrogens is 528 g/mol. The van der Waals surface area contributed by atoms with Crippen molar-refractivity contribution in [2.45, 2.75) is 71.7 Å². The third-order valence-electron chi connectivity index (χ3n) is 7.03. The summed E-state index contributed by atoms with van der Waals surface area (Å²) in [5.74, 6) is 2.47. The van der Waals surface area contributed by atoms with Gasteiger partial charge in [0.1, 0.15) is 11.4 Å². The SMILES string of the molecule is CC(C)(C)OC(=O)NCCc1cc2nc(-c3cccc(O[Si](C)(C)C(C)(C)C)c3)nc(N3CCOCC3)c2s1. The highest BCUT2D eigenvalue weighted by atomic mass is 32.1. The molecule has 1 saturated heterocycles. The number of ether oxygens (including phenoxy) is 2. The first-order valence-corrected chi connectivity index (χ1v) is 17.3. The van der Waals surface area contributed by atoms with Crippen LogP contribution in [0.2, 0.25) is 18.1 Å². The van der Waals surface area contributed by atoms with Gasteiger partial charge in [0.2, 0.25) is 8.32 Å². The van der Waals surface area contributed by atoms with Gasteiger partial charge in [-0.1, -0.05) is 32.9 Å². The fourth-order valence-electron chi connectivity index (χ4n) is 3.95. The molecule has 0 unspecified atom stereocenters. The van der Waals surface area contributed by atoms with Gasteiger partial charge in [0, 0.05) is 30.1 Å². The van der Waals surface area contributed by atoms with Gasteiger partial charge in [0.25, 0.3) is 0 Å². The van der Waals surface area contributed by atoms with E-state index in [2.05, 4.69) is 56.2 Å². The highest BCUT2D eigenvalue weighted by Gasteiger charge is 2.39. The molecule has 10 heteroatoms. The zero-order valence-corrected chi connectivity index (χ0v) is 26.3. The number of nitrogens with one attached hydrogen (secondary N) is 1. The summed E-state index contributed by atoms with van der Waals surface area (Å²) >= 11 is 1.68. The van der Waals surface area contributed by atoms with Gasteiger partial charge in [-0.3, -0.25) is 0 Å². The number of carbonyl (C=O) groups is 1. The van der Waals surface area contributed by atoms with Crippen molar-refractivity contribution in [3.05, 3.63) is 35.2 Å². The summed E-state index contributed by atoms with van der Waals surface area (Å²) in [6, 6.07) is 10.2. The van der Waals surface area contributed by atoms with Crippen molar-refractivity contribution in [1.82, 2.24) is 15.3 Å². The maximum atomic E-state index is 12.1. The predicted octanol–water partition coefficient (Wildman–Crippen LogP) is 6.65. The van der Waals surface area contributed by atoms with Gasteiger partial charge >= 0.3 is 6.09 Å². The Hall–Kier alpha value is -2.69. The summed E-state index contributed by atoms with van der Waals surface area (Å²) in [6.07, 6.45) is 0.285. The third kappa shape index (κ3) is 7.49. The molecule has 1 amide bonds. The van der Waals surface area contributed by atoms with Crippen molar-refractivity contribution < 1.29 is 18.7 Å². The Balaban J connectivity index is 1.63. The number of thiophene rings is 1. The number of rotatable bonds is 7. The summed E-state index contributed by atoms with van der Waals surface area (Å²) in [6.45, 7) is 20.2. The molecular formula is C29H42N4O4SSi. The molecule has 1 aliphatic rings. The number of morpholine rings is 1. The molecule has 0 atom stereocenters. The standard InChI is InChI=1S/C29H42N4O4SSi/c1-28(2,3)36-27(34)30-13-12-22-19-23-24(38-22)26(33-14-16-35-17-15-33)32-25(31-23)20-10-9-11-21(18-20)37-39(7,8)29(4,5)6/h9-11,18-19H,12-17H2,1-8H3,(H,30,34). The minimum Gasteiger partial charge on any atom is -0.543 e. The van der Waals surface area contributed by atoms with Crippen molar-refractivity contribution in [2.24, 2.45) is 0 Å². The van der Waals surface area contributed by atoms with Crippen LogP contribution in [-0.4, -0.2) is 62.8 Å². The number of nitrogens with zero attached hydrogens (tertiary/aromatic N) is 3. The quantitative estimate of drug-likeness (QED) is 0.319. The Morgan fingerprint density at radius 2 is 1.82 bits per heavy atom.